The van der Waals surface area contributed by atoms with Crippen LogP contribution in [0.3, 0.4) is 0 Å². The third-order valence-corrected chi connectivity index (χ3v) is 7.24. The molecule has 2 aliphatic rings. The van der Waals surface area contributed by atoms with E-state index >= 15 is 0 Å². The molecule has 10 heteroatoms. The quantitative estimate of drug-likeness (QED) is 0.659. The second-order valence-corrected chi connectivity index (χ2v) is 8.96. The highest BCUT2D eigenvalue weighted by atomic mass is 79.9. The highest BCUT2D eigenvalue weighted by molar-refractivity contribution is 9.10. The first kappa shape index (κ1) is 21.1. The van der Waals surface area contributed by atoms with Gasteiger partial charge < -0.3 is 5.32 Å². The lowest BCUT2D eigenvalue weighted by Crippen LogP contribution is -2.63. The highest BCUT2D eigenvalue weighted by Gasteiger charge is 2.67. The topological polar surface area (TPSA) is 76.0 Å². The fourth-order valence-corrected chi connectivity index (χ4v) is 5.05. The average molecular weight is 487 g/mol. The molecule has 0 radical (unpaired) electrons. The highest BCUT2D eigenvalue weighted by Crippen LogP contribution is 2.45. The van der Waals surface area contributed by atoms with Crippen LogP contribution < -0.4 is 10.6 Å². The summed E-state index contributed by atoms with van der Waals surface area (Å²) in [6.45, 7) is 3.59. The number of amides is 2. The smallest absolute Gasteiger partial charge is 0.317 e. The molecule has 2 heterocycles. The lowest BCUT2D eigenvalue weighted by atomic mass is 10.0. The van der Waals surface area contributed by atoms with Crippen molar-refractivity contribution < 1.29 is 22.8 Å². The standard InChI is InChI=1S/C20H22BrF3N4O2/c1-10-9-13-16(15(21)11(10)2)25-18-26-17(30)19(28(13)18,20(22,23)24)27-14(29)8-7-12-5-3-4-6-12/h9,12H,3-8H2,1-2H3,(H,27,29)(H,25,26,30). The number of anilines is 1. The molecule has 162 valence electrons. The Bertz CT molecular complexity index is 1040. The van der Waals surface area contributed by atoms with Crippen molar-refractivity contribution in [1.29, 1.82) is 0 Å². The van der Waals surface area contributed by atoms with Crippen LogP contribution in [0.15, 0.2) is 10.5 Å². The number of hydrogen-bond donors (Lipinski definition) is 2. The molecule has 1 unspecified atom stereocenters. The molecular formula is C20H22BrF3N4O2. The lowest BCUT2D eigenvalue weighted by Gasteiger charge is -2.32. The molecule has 2 amide bonds. The van der Waals surface area contributed by atoms with E-state index in [-0.39, 0.29) is 17.9 Å². The van der Waals surface area contributed by atoms with E-state index in [1.807, 2.05) is 12.2 Å². The first-order valence-corrected chi connectivity index (χ1v) is 10.7. The van der Waals surface area contributed by atoms with E-state index in [9.17, 15) is 22.8 Å². The number of benzene rings is 1. The first-order chi connectivity index (χ1) is 14.1. The summed E-state index contributed by atoms with van der Waals surface area (Å²) < 4.78 is 44.5. The van der Waals surface area contributed by atoms with E-state index in [0.717, 1.165) is 41.4 Å². The van der Waals surface area contributed by atoms with Crippen LogP contribution in [0.5, 0.6) is 0 Å². The number of nitrogens with zero attached hydrogens (tertiary/aromatic N) is 2. The van der Waals surface area contributed by atoms with Crippen molar-refractivity contribution in [2.75, 3.05) is 5.32 Å². The minimum Gasteiger partial charge on any atom is -0.317 e. The van der Waals surface area contributed by atoms with E-state index in [4.69, 9.17) is 0 Å². The maximum Gasteiger partial charge on any atom is 0.440 e. The number of fused-ring (bicyclic) bond motifs is 3. The molecule has 0 bridgehead atoms. The number of aromatic nitrogens is 2. The van der Waals surface area contributed by atoms with Gasteiger partial charge in [-0.3, -0.25) is 19.5 Å². The van der Waals surface area contributed by atoms with E-state index in [1.54, 1.807) is 13.0 Å². The summed E-state index contributed by atoms with van der Waals surface area (Å²) in [6.07, 6.45) is -0.465. The first-order valence-electron chi connectivity index (χ1n) is 9.94. The zero-order valence-electron chi connectivity index (χ0n) is 16.6. The fraction of sp³-hybridized carbons (Fsp3) is 0.550. The van der Waals surface area contributed by atoms with Gasteiger partial charge in [-0.05, 0) is 59.3 Å². The van der Waals surface area contributed by atoms with Gasteiger partial charge in [-0.25, -0.2) is 4.98 Å². The Kier molecular flexibility index (Phi) is 5.11. The summed E-state index contributed by atoms with van der Waals surface area (Å²) >= 11 is 3.39. The van der Waals surface area contributed by atoms with Gasteiger partial charge in [0.05, 0.1) is 5.52 Å². The Hall–Kier alpha value is -2.10. The predicted molar refractivity (Wildman–Crippen MR) is 109 cm³/mol. The zero-order valence-corrected chi connectivity index (χ0v) is 18.2. The number of rotatable bonds is 4. The normalized spacial score (nSPS) is 21.9. The Morgan fingerprint density at radius 1 is 1.37 bits per heavy atom. The molecule has 2 aromatic rings. The molecule has 0 saturated heterocycles. The number of hydrogen-bond acceptors (Lipinski definition) is 3. The Labute approximate surface area is 179 Å². The number of aryl methyl sites for hydroxylation is 1. The predicted octanol–water partition coefficient (Wildman–Crippen LogP) is 4.67. The molecule has 1 atom stereocenters. The van der Waals surface area contributed by atoms with Crippen molar-refractivity contribution in [3.8, 4) is 0 Å². The fourth-order valence-electron chi connectivity index (χ4n) is 4.45. The van der Waals surface area contributed by atoms with Gasteiger partial charge in [0.1, 0.15) is 5.52 Å². The van der Waals surface area contributed by atoms with Gasteiger partial charge in [0.15, 0.2) is 0 Å². The monoisotopic (exact) mass is 486 g/mol. The SMILES string of the molecule is Cc1cc2c(nc3n2C(NC(=O)CCC2CCCC2)(C(F)(F)F)C(=O)N3)c(Br)c1C. The Morgan fingerprint density at radius 3 is 2.67 bits per heavy atom. The molecule has 1 saturated carbocycles. The molecule has 30 heavy (non-hydrogen) atoms. The van der Waals surface area contributed by atoms with E-state index in [1.165, 1.54) is 0 Å². The molecule has 2 N–H and O–H groups in total. The summed E-state index contributed by atoms with van der Waals surface area (Å²) in [5, 5.41) is 4.24. The molecule has 0 spiro atoms. The summed E-state index contributed by atoms with van der Waals surface area (Å²) in [5.41, 5.74) is -1.25. The van der Waals surface area contributed by atoms with Crippen LogP contribution in [0.2, 0.25) is 0 Å². The van der Waals surface area contributed by atoms with Gasteiger partial charge in [-0.1, -0.05) is 25.7 Å². The summed E-state index contributed by atoms with van der Waals surface area (Å²) in [5.74, 6) is -2.05. The molecule has 1 aromatic heterocycles. The Morgan fingerprint density at radius 2 is 2.03 bits per heavy atom. The van der Waals surface area contributed by atoms with Gasteiger partial charge >= 0.3 is 6.18 Å². The van der Waals surface area contributed by atoms with Crippen molar-refractivity contribution in [1.82, 2.24) is 14.9 Å². The van der Waals surface area contributed by atoms with Crippen molar-refractivity contribution in [2.24, 2.45) is 5.92 Å². The Balaban J connectivity index is 1.78. The second-order valence-electron chi connectivity index (χ2n) is 8.17. The number of carbonyl (C=O) groups is 2. The number of carbonyl (C=O) groups excluding carboxylic acids is 2. The van der Waals surface area contributed by atoms with Crippen molar-refractivity contribution in [3.05, 3.63) is 21.7 Å². The van der Waals surface area contributed by atoms with Crippen molar-refractivity contribution >= 4 is 44.7 Å². The molecular weight excluding hydrogens is 465 g/mol. The molecule has 6 nitrogen and oxygen atoms in total. The van der Waals surface area contributed by atoms with E-state index in [2.05, 4.69) is 26.2 Å². The average Bonchev–Trinajstić information content (AvgIpc) is 3.35. The number of imidazole rings is 1. The second kappa shape index (κ2) is 7.25. The summed E-state index contributed by atoms with van der Waals surface area (Å²) in [4.78, 5) is 29.4. The zero-order chi connectivity index (χ0) is 21.8. The third kappa shape index (κ3) is 3.11. The summed E-state index contributed by atoms with van der Waals surface area (Å²) in [6, 6.07) is 1.55. The van der Waals surface area contributed by atoms with Gasteiger partial charge in [0.25, 0.3) is 11.6 Å². The van der Waals surface area contributed by atoms with Crippen LogP contribution in [0, 0.1) is 19.8 Å². The largest absolute Gasteiger partial charge is 0.440 e. The summed E-state index contributed by atoms with van der Waals surface area (Å²) in [7, 11) is 0. The molecule has 1 fully saturated rings. The van der Waals surface area contributed by atoms with Crippen LogP contribution in [0.4, 0.5) is 19.1 Å². The van der Waals surface area contributed by atoms with Gasteiger partial charge in [-0.2, -0.15) is 13.2 Å². The van der Waals surface area contributed by atoms with Crippen molar-refractivity contribution in [3.63, 3.8) is 0 Å². The number of nitrogens with one attached hydrogen (secondary N) is 2. The number of alkyl halides is 3. The van der Waals surface area contributed by atoms with Crippen LogP contribution >= 0.6 is 15.9 Å². The van der Waals surface area contributed by atoms with Crippen LogP contribution in [-0.4, -0.2) is 27.5 Å². The molecule has 1 aromatic carbocycles. The van der Waals surface area contributed by atoms with E-state index < -0.39 is 23.7 Å². The molecule has 1 aliphatic heterocycles. The maximum atomic E-state index is 14.4. The maximum absolute atomic E-state index is 14.4. The van der Waals surface area contributed by atoms with Crippen LogP contribution in [0.1, 0.15) is 49.7 Å². The van der Waals surface area contributed by atoms with Gasteiger partial charge in [0, 0.05) is 10.9 Å². The van der Waals surface area contributed by atoms with Gasteiger partial charge in [0.2, 0.25) is 11.9 Å². The van der Waals surface area contributed by atoms with Crippen LogP contribution in [-0.2, 0) is 15.3 Å². The number of halogens is 4. The minimum absolute atomic E-state index is 0.0560. The minimum atomic E-state index is -5.07. The third-order valence-electron chi connectivity index (χ3n) is 6.27. The molecule has 4 rings (SSSR count). The molecule has 1 aliphatic carbocycles. The van der Waals surface area contributed by atoms with Crippen LogP contribution in [0.25, 0.3) is 11.0 Å². The lowest BCUT2D eigenvalue weighted by molar-refractivity contribution is -0.217. The van der Waals surface area contributed by atoms with Gasteiger partial charge in [-0.15, -0.1) is 0 Å². The van der Waals surface area contributed by atoms with Crippen molar-refractivity contribution in [2.45, 2.75) is 64.2 Å². The van der Waals surface area contributed by atoms with E-state index in [0.29, 0.717) is 22.3 Å².